The van der Waals surface area contributed by atoms with Gasteiger partial charge in [-0.1, -0.05) is 18.1 Å². The first-order valence-electron chi connectivity index (χ1n) is 6.40. The molecule has 0 bridgehead atoms. The van der Waals surface area contributed by atoms with Crippen molar-refractivity contribution in [1.29, 1.82) is 0 Å². The summed E-state index contributed by atoms with van der Waals surface area (Å²) in [4.78, 5) is 0. The van der Waals surface area contributed by atoms with Crippen LogP contribution in [0.5, 0.6) is 0 Å². The van der Waals surface area contributed by atoms with E-state index in [-0.39, 0.29) is 11.8 Å². The molecule has 0 fully saturated rings. The molecule has 0 heterocycles. The van der Waals surface area contributed by atoms with E-state index in [1.165, 1.54) is 5.57 Å². The molecule has 1 aliphatic rings. The molecule has 3 nitrogen and oxygen atoms in total. The van der Waals surface area contributed by atoms with Gasteiger partial charge in [0.2, 0.25) is 0 Å². The van der Waals surface area contributed by atoms with E-state index in [0.29, 0.717) is 6.42 Å². The van der Waals surface area contributed by atoms with Gasteiger partial charge in [0.25, 0.3) is 0 Å². The van der Waals surface area contributed by atoms with Crippen LogP contribution in [0.1, 0.15) is 52.9 Å². The summed E-state index contributed by atoms with van der Waals surface area (Å²) in [5.41, 5.74) is 7.15. The SMILES string of the molecule is CC(C)(C)S(=O)(=O)CCC1=CC(N)CCCC1. The molecular formula is C13H25NO2S. The molecule has 0 amide bonds. The zero-order valence-electron chi connectivity index (χ0n) is 11.2. The van der Waals surface area contributed by atoms with Crippen LogP contribution in [0.15, 0.2) is 11.6 Å². The summed E-state index contributed by atoms with van der Waals surface area (Å²) in [6.07, 6.45) is 7.03. The molecule has 0 saturated carbocycles. The maximum atomic E-state index is 12.0. The van der Waals surface area contributed by atoms with E-state index < -0.39 is 14.6 Å². The van der Waals surface area contributed by atoms with Gasteiger partial charge in [-0.3, -0.25) is 0 Å². The fourth-order valence-electron chi connectivity index (χ4n) is 1.98. The highest BCUT2D eigenvalue weighted by Crippen LogP contribution is 2.23. The van der Waals surface area contributed by atoms with Crippen LogP contribution in [0.4, 0.5) is 0 Å². The lowest BCUT2D eigenvalue weighted by atomic mass is 10.1. The van der Waals surface area contributed by atoms with Crippen LogP contribution in [0.2, 0.25) is 0 Å². The molecule has 0 radical (unpaired) electrons. The van der Waals surface area contributed by atoms with Crippen molar-refractivity contribution in [1.82, 2.24) is 0 Å². The summed E-state index contributed by atoms with van der Waals surface area (Å²) in [6.45, 7) is 5.28. The smallest absolute Gasteiger partial charge is 0.155 e. The van der Waals surface area contributed by atoms with E-state index in [2.05, 4.69) is 6.08 Å². The van der Waals surface area contributed by atoms with Crippen molar-refractivity contribution in [3.05, 3.63) is 11.6 Å². The predicted octanol–water partition coefficient (Wildman–Crippen LogP) is 2.42. The Hall–Kier alpha value is -0.350. The number of allylic oxidation sites excluding steroid dienone is 1. The van der Waals surface area contributed by atoms with Gasteiger partial charge in [0, 0.05) is 6.04 Å². The number of sulfone groups is 1. The van der Waals surface area contributed by atoms with Crippen LogP contribution >= 0.6 is 0 Å². The quantitative estimate of drug-likeness (QED) is 0.792. The Balaban J connectivity index is 2.62. The van der Waals surface area contributed by atoms with Crippen LogP contribution < -0.4 is 5.73 Å². The first kappa shape index (κ1) is 14.7. The van der Waals surface area contributed by atoms with Crippen LogP contribution in [0.25, 0.3) is 0 Å². The lowest BCUT2D eigenvalue weighted by molar-refractivity contribution is 0.559. The first-order valence-corrected chi connectivity index (χ1v) is 8.05. The van der Waals surface area contributed by atoms with Gasteiger partial charge in [0.15, 0.2) is 9.84 Å². The van der Waals surface area contributed by atoms with E-state index in [4.69, 9.17) is 5.73 Å². The molecule has 0 aliphatic heterocycles. The lowest BCUT2D eigenvalue weighted by Gasteiger charge is -2.19. The van der Waals surface area contributed by atoms with E-state index in [0.717, 1.165) is 25.7 Å². The molecule has 1 unspecified atom stereocenters. The van der Waals surface area contributed by atoms with Crippen molar-refractivity contribution in [3.63, 3.8) is 0 Å². The van der Waals surface area contributed by atoms with Gasteiger partial charge in [0.05, 0.1) is 10.5 Å². The number of rotatable bonds is 3. The van der Waals surface area contributed by atoms with Crippen molar-refractivity contribution < 1.29 is 8.42 Å². The molecule has 1 aliphatic carbocycles. The largest absolute Gasteiger partial charge is 0.324 e. The van der Waals surface area contributed by atoms with Gasteiger partial charge in [-0.15, -0.1) is 0 Å². The van der Waals surface area contributed by atoms with Gasteiger partial charge < -0.3 is 5.73 Å². The minimum Gasteiger partial charge on any atom is -0.324 e. The lowest BCUT2D eigenvalue weighted by Crippen LogP contribution is -2.30. The number of nitrogens with two attached hydrogens (primary N) is 1. The number of hydrogen-bond donors (Lipinski definition) is 1. The third-order valence-electron chi connectivity index (χ3n) is 3.36. The second-order valence-corrected chi connectivity index (χ2v) is 8.78. The Kier molecular flexibility index (Phi) is 4.78. The number of hydrogen-bond acceptors (Lipinski definition) is 3. The molecule has 1 rings (SSSR count). The highest BCUT2D eigenvalue weighted by molar-refractivity contribution is 7.92. The molecule has 4 heteroatoms. The standard InChI is InChI=1S/C13H25NO2S/c1-13(2,3)17(15,16)9-8-11-6-4-5-7-12(14)10-11/h10,12H,4-9,14H2,1-3H3. The third-order valence-corrected chi connectivity index (χ3v) is 5.97. The van der Waals surface area contributed by atoms with Gasteiger partial charge in [-0.2, -0.15) is 0 Å². The summed E-state index contributed by atoms with van der Waals surface area (Å²) < 4.78 is 23.4. The average Bonchev–Trinajstić information content (AvgIpc) is 2.38. The summed E-state index contributed by atoms with van der Waals surface area (Å²) in [6, 6.07) is 0.116. The van der Waals surface area contributed by atoms with Gasteiger partial charge in [-0.05, 0) is 46.5 Å². The maximum absolute atomic E-state index is 12.0. The monoisotopic (exact) mass is 259 g/mol. The van der Waals surface area contributed by atoms with E-state index in [1.807, 2.05) is 0 Å². The molecule has 0 saturated heterocycles. The summed E-state index contributed by atoms with van der Waals surface area (Å²) >= 11 is 0. The minimum atomic E-state index is -3.01. The van der Waals surface area contributed by atoms with Crippen LogP contribution in [-0.4, -0.2) is 25.0 Å². The molecule has 0 aromatic rings. The molecule has 0 aromatic carbocycles. The second kappa shape index (κ2) is 5.53. The Labute approximate surface area is 105 Å². The van der Waals surface area contributed by atoms with Gasteiger partial charge >= 0.3 is 0 Å². The summed E-state index contributed by atoms with van der Waals surface area (Å²) in [5, 5.41) is 0. The van der Waals surface area contributed by atoms with Crippen molar-refractivity contribution in [3.8, 4) is 0 Å². The third kappa shape index (κ3) is 4.43. The molecule has 1 atom stereocenters. The Bertz CT molecular complexity index is 377. The second-order valence-electron chi connectivity index (χ2n) is 5.92. The average molecular weight is 259 g/mol. The van der Waals surface area contributed by atoms with E-state index >= 15 is 0 Å². The highest BCUT2D eigenvalue weighted by Gasteiger charge is 2.28. The molecular weight excluding hydrogens is 234 g/mol. The summed E-state index contributed by atoms with van der Waals surface area (Å²) in [7, 11) is -3.01. The normalized spacial score (nSPS) is 23.1. The Morgan fingerprint density at radius 2 is 2.00 bits per heavy atom. The fourth-order valence-corrected chi connectivity index (χ4v) is 3.12. The Morgan fingerprint density at radius 1 is 1.35 bits per heavy atom. The van der Waals surface area contributed by atoms with Gasteiger partial charge in [-0.25, -0.2) is 8.42 Å². The molecule has 17 heavy (non-hydrogen) atoms. The van der Waals surface area contributed by atoms with Gasteiger partial charge in [0.1, 0.15) is 0 Å². The zero-order chi connectivity index (χ0) is 13.1. The van der Waals surface area contributed by atoms with Crippen molar-refractivity contribution in [2.45, 2.75) is 63.7 Å². The van der Waals surface area contributed by atoms with Crippen molar-refractivity contribution in [2.75, 3.05) is 5.75 Å². The first-order chi connectivity index (χ1) is 7.72. The summed E-state index contributed by atoms with van der Waals surface area (Å²) in [5.74, 6) is 0.245. The van der Waals surface area contributed by atoms with Crippen molar-refractivity contribution >= 4 is 9.84 Å². The Morgan fingerprint density at radius 3 is 2.59 bits per heavy atom. The highest BCUT2D eigenvalue weighted by atomic mass is 32.2. The molecule has 0 aromatic heterocycles. The molecule has 0 spiro atoms. The maximum Gasteiger partial charge on any atom is 0.155 e. The fraction of sp³-hybridized carbons (Fsp3) is 0.846. The van der Waals surface area contributed by atoms with E-state index in [1.54, 1.807) is 20.8 Å². The predicted molar refractivity (Wildman–Crippen MR) is 72.7 cm³/mol. The van der Waals surface area contributed by atoms with Crippen molar-refractivity contribution in [2.24, 2.45) is 5.73 Å². The molecule has 100 valence electrons. The minimum absolute atomic E-state index is 0.116. The molecule has 2 N–H and O–H groups in total. The van der Waals surface area contributed by atoms with Crippen LogP contribution in [0.3, 0.4) is 0 Å². The van der Waals surface area contributed by atoms with E-state index in [9.17, 15) is 8.42 Å². The zero-order valence-corrected chi connectivity index (χ0v) is 12.0. The van der Waals surface area contributed by atoms with Crippen LogP contribution in [-0.2, 0) is 9.84 Å². The topological polar surface area (TPSA) is 60.2 Å². The van der Waals surface area contributed by atoms with Crippen LogP contribution in [0, 0.1) is 0 Å².